The van der Waals surface area contributed by atoms with Gasteiger partial charge < -0.3 is 5.11 Å². The van der Waals surface area contributed by atoms with Crippen molar-refractivity contribution in [3.63, 3.8) is 0 Å². The highest BCUT2D eigenvalue weighted by Crippen LogP contribution is 2.31. The van der Waals surface area contributed by atoms with E-state index in [2.05, 4.69) is 0 Å². The van der Waals surface area contributed by atoms with Crippen molar-refractivity contribution < 1.29 is 102 Å². The summed E-state index contributed by atoms with van der Waals surface area (Å²) in [4.78, 5) is 12.0. The van der Waals surface area contributed by atoms with Crippen LogP contribution in [0.5, 0.6) is 0 Å². The van der Waals surface area contributed by atoms with E-state index in [1.807, 2.05) is 65.2 Å². The van der Waals surface area contributed by atoms with Crippen molar-refractivity contribution in [3.8, 4) is 0 Å². The summed E-state index contributed by atoms with van der Waals surface area (Å²) < 4.78 is 296. The molecule has 3 nitrogen and oxygen atoms in total. The van der Waals surface area contributed by atoms with Crippen LogP contribution in [-0.4, -0.2) is 23.6 Å². The molecule has 0 spiro atoms. The minimum Gasteiger partial charge on any atom is -0.388 e. The molecule has 7 rings (SSSR count). The van der Waals surface area contributed by atoms with Gasteiger partial charge in [-0.2, -0.15) is 4.57 Å². The summed E-state index contributed by atoms with van der Waals surface area (Å²) in [6.45, 7) is 0.121. The lowest BCUT2D eigenvalue weighted by Crippen LogP contribution is -2.81. The van der Waals surface area contributed by atoms with E-state index in [9.17, 15) is 62.6 Å². The number of aromatic nitrogens is 1. The van der Waals surface area contributed by atoms with Gasteiger partial charge in [-0.05, 0) is 12.1 Å². The average molecular weight is 957 g/mol. The van der Waals surface area contributed by atoms with Crippen LogP contribution in [0.1, 0.15) is 16.1 Å². The number of pyridine rings is 1. The third kappa shape index (κ3) is 7.45. The number of ketones is 1. The Morgan fingerprint density at radius 2 is 0.667 bits per heavy atom. The van der Waals surface area contributed by atoms with E-state index in [1.54, 1.807) is 6.07 Å². The summed E-state index contributed by atoms with van der Waals surface area (Å²) in [5.41, 5.74) is -11.7. The molecule has 0 saturated heterocycles. The normalized spacial score (nSPS) is 11.6. The van der Waals surface area contributed by atoms with E-state index in [0.717, 1.165) is 16.5 Å². The van der Waals surface area contributed by atoms with Gasteiger partial charge in [0.15, 0.2) is 76.4 Å². The molecule has 0 aliphatic rings. The molecule has 344 valence electrons. The molecular weight excluding hydrogens is 941 g/mol. The molecule has 0 bridgehead atoms. The molecule has 24 heteroatoms. The molecule has 0 amide bonds. The lowest BCUT2D eigenvalue weighted by atomic mass is 9.12. The molecule has 1 N–H and O–H groups in total. The third-order valence-corrected chi connectivity index (χ3v) is 10.3. The number of aliphatic hydroxyl groups excluding tert-OH is 1. The van der Waals surface area contributed by atoms with Gasteiger partial charge in [0.1, 0.15) is 59.3 Å². The van der Waals surface area contributed by atoms with E-state index in [-0.39, 0.29) is 5.78 Å². The van der Waals surface area contributed by atoms with Gasteiger partial charge in [0.2, 0.25) is 5.52 Å². The Morgan fingerprint density at radius 3 is 0.985 bits per heavy atom. The van der Waals surface area contributed by atoms with Gasteiger partial charge in [0.25, 0.3) is 11.5 Å². The average Bonchev–Trinajstić information content (AvgIpc) is 3.31. The Balaban J connectivity index is 0.000000284. The molecule has 0 fully saturated rings. The van der Waals surface area contributed by atoms with Gasteiger partial charge in [-0.25, -0.2) is 87.8 Å². The molecule has 0 aliphatic carbocycles. The first kappa shape index (κ1) is 48.5. The van der Waals surface area contributed by atoms with Gasteiger partial charge in [-0.15, -0.1) is 21.9 Å². The summed E-state index contributed by atoms with van der Waals surface area (Å²) in [6.07, 6.45) is -7.22. The first-order chi connectivity index (χ1) is 31.0. The fourth-order valence-corrected chi connectivity index (χ4v) is 7.40. The van der Waals surface area contributed by atoms with Crippen LogP contribution < -0.4 is 26.4 Å². The molecule has 66 heavy (non-hydrogen) atoms. The zero-order valence-electron chi connectivity index (χ0n) is 31.7. The topological polar surface area (TPSA) is 41.2 Å². The van der Waals surface area contributed by atoms with Crippen molar-refractivity contribution in [3.05, 3.63) is 194 Å². The second kappa shape index (κ2) is 18.1. The number of carbonyl (C=O) groups is 1. The second-order valence-electron chi connectivity index (χ2n) is 13.7. The number of hydrogen-bond acceptors (Lipinski definition) is 2. The molecule has 0 unspecified atom stereocenters. The minimum absolute atomic E-state index is 0.267. The molecule has 0 aliphatic heterocycles. The number of Topliss-reactive ketones (excluding diaryl/α,β-unsaturated/α-hetero) is 1. The Bertz CT molecular complexity index is 2750. The molecular formula is C42H16BF20NO2. The fraction of sp³-hybridized carbons (Fsp3) is 0.0476. The van der Waals surface area contributed by atoms with Crippen molar-refractivity contribution in [2.45, 2.75) is 6.54 Å². The molecule has 0 atom stereocenters. The molecule has 1 heterocycles. The van der Waals surface area contributed by atoms with Gasteiger partial charge in [-0.3, -0.25) is 4.79 Å². The zero-order valence-corrected chi connectivity index (χ0v) is 31.7. The summed E-state index contributed by atoms with van der Waals surface area (Å²) in [7, 11) is 0. The number of rotatable bonds is 8. The van der Waals surface area contributed by atoms with E-state index < -0.39 is 151 Å². The maximum Gasteiger partial charge on any atom is 0.251 e. The number of carbonyl (C=O) groups excluding carboxylic acids is 1. The highest BCUT2D eigenvalue weighted by molar-refractivity contribution is 7.20. The second-order valence-corrected chi connectivity index (χ2v) is 13.7. The van der Waals surface area contributed by atoms with Crippen molar-refractivity contribution in [1.82, 2.24) is 0 Å². The highest BCUT2D eigenvalue weighted by Gasteiger charge is 2.52. The van der Waals surface area contributed by atoms with Crippen molar-refractivity contribution in [2.75, 3.05) is 6.61 Å². The number of para-hydroxylation sites is 1. The van der Waals surface area contributed by atoms with Crippen LogP contribution in [0.4, 0.5) is 87.8 Å². The van der Waals surface area contributed by atoms with Crippen LogP contribution in [0, 0.1) is 116 Å². The first-order valence-corrected chi connectivity index (χ1v) is 17.8. The van der Waals surface area contributed by atoms with Crippen LogP contribution in [-0.2, 0) is 6.54 Å². The van der Waals surface area contributed by atoms with Crippen LogP contribution in [0.15, 0.2) is 66.7 Å². The molecule has 7 aromatic rings. The third-order valence-electron chi connectivity index (χ3n) is 10.3. The maximum absolute atomic E-state index is 15.4. The number of nitrogens with zero attached hydrogens (tertiary/aromatic N) is 1. The number of hydrogen-bond donors (Lipinski definition) is 1. The molecule has 0 radical (unpaired) electrons. The van der Waals surface area contributed by atoms with E-state index in [1.165, 1.54) is 0 Å². The lowest BCUT2D eigenvalue weighted by Gasteiger charge is -2.44. The summed E-state index contributed by atoms with van der Waals surface area (Å²) in [6, 6.07) is 21.6. The molecule has 0 saturated carbocycles. The number of fused-ring (bicyclic) bond motifs is 1. The highest BCUT2D eigenvalue weighted by atomic mass is 19.2. The Kier molecular flexibility index (Phi) is 13.3. The van der Waals surface area contributed by atoms with Crippen molar-refractivity contribution >= 4 is 44.7 Å². The number of aliphatic hydroxyl groups is 1. The Labute approximate surface area is 354 Å². The molecule has 1 aromatic heterocycles. The maximum atomic E-state index is 15.4. The predicted molar refractivity (Wildman–Crippen MR) is 190 cm³/mol. The quantitative estimate of drug-likeness (QED) is 0.0417. The lowest BCUT2D eigenvalue weighted by molar-refractivity contribution is -0.664. The summed E-state index contributed by atoms with van der Waals surface area (Å²) >= 11 is 0. The first-order valence-electron chi connectivity index (χ1n) is 17.8. The van der Waals surface area contributed by atoms with E-state index in [0.29, 0.717) is 12.2 Å². The fourth-order valence-electron chi connectivity index (χ4n) is 7.40. The Morgan fingerprint density at radius 1 is 0.379 bits per heavy atom. The SMILES string of the molecule is Fc1c(F)c(F)c([B-](c2c(F)c(F)c(F)c(F)c2F)(c2c(F)c(F)c(F)c(F)c2F)c2c(F)c(F)c(F)c(F)c2F)c(F)c1F.O=C(CO)c1ccc2ccccc2[n+]1Cc1ccccc1. The van der Waals surface area contributed by atoms with Crippen LogP contribution in [0.25, 0.3) is 10.9 Å². The largest absolute Gasteiger partial charge is 0.388 e. The standard InChI is InChI=1S/C24BF20.C18H16NO2/c26-5-1(6(27)14(35)21(42)13(5)34)25(2-7(28)15(36)22(43)16(37)8(2)29,3-9(30)17(38)23(44)18(39)10(3)31)4-11(32)19(40)24(45)20(41)12(4)33;20-13-18(21)17-11-10-15-8-4-5-9-16(15)19(17)12-14-6-2-1-3-7-14/h;1-11,20H,12-13H2/q-1;+1. The van der Waals surface area contributed by atoms with Gasteiger partial charge in [0, 0.05) is 23.1 Å². The number of benzene rings is 6. The monoisotopic (exact) mass is 957 g/mol. The van der Waals surface area contributed by atoms with E-state index in [4.69, 9.17) is 0 Å². The van der Waals surface area contributed by atoms with Crippen LogP contribution in [0.2, 0.25) is 0 Å². The minimum atomic E-state index is -7.22. The van der Waals surface area contributed by atoms with Gasteiger partial charge >= 0.3 is 0 Å². The van der Waals surface area contributed by atoms with E-state index >= 15 is 35.1 Å². The zero-order chi connectivity index (χ0) is 49.0. The smallest absolute Gasteiger partial charge is 0.251 e. The van der Waals surface area contributed by atoms with Gasteiger partial charge in [0.05, 0.1) is 0 Å². The van der Waals surface area contributed by atoms with Crippen LogP contribution >= 0.6 is 0 Å². The number of halogens is 20. The van der Waals surface area contributed by atoms with Crippen molar-refractivity contribution in [1.29, 1.82) is 0 Å². The van der Waals surface area contributed by atoms with Gasteiger partial charge in [-0.1, -0.05) is 42.5 Å². The summed E-state index contributed by atoms with van der Waals surface area (Å²) in [5, 5.41) is 10.3. The predicted octanol–water partition coefficient (Wildman–Crippen LogP) is 8.20. The van der Waals surface area contributed by atoms with Crippen LogP contribution in [0.3, 0.4) is 0 Å². The van der Waals surface area contributed by atoms with Crippen molar-refractivity contribution in [2.24, 2.45) is 0 Å². The summed E-state index contributed by atoms with van der Waals surface area (Å²) in [5.74, 6) is -71.7. The Hall–Kier alpha value is -6.98. The molecule has 6 aromatic carbocycles.